The van der Waals surface area contributed by atoms with Crippen molar-refractivity contribution in [1.82, 2.24) is 0 Å². The summed E-state index contributed by atoms with van der Waals surface area (Å²) in [4.78, 5) is 13.2. The molecule has 0 saturated carbocycles. The molecule has 1 amide bonds. The fourth-order valence-corrected chi connectivity index (χ4v) is 4.14. The normalized spacial score (nSPS) is 11.1. The number of rotatable bonds is 6. The van der Waals surface area contributed by atoms with E-state index in [1.54, 1.807) is 66.7 Å². The molecule has 0 N–H and O–H groups in total. The van der Waals surface area contributed by atoms with Crippen LogP contribution in [-0.4, -0.2) is 20.9 Å². The van der Waals surface area contributed by atoms with E-state index in [1.807, 2.05) is 13.8 Å². The maximum Gasteiger partial charge on any atom is 0.272 e. The number of anilines is 1. The van der Waals surface area contributed by atoms with Crippen LogP contribution in [0.25, 0.3) is 0 Å². The predicted octanol–water partition coefficient (Wildman–Crippen LogP) is 4.43. The number of carbonyl (C=O) groups excluding carboxylic acids is 1. The lowest BCUT2D eigenvalue weighted by atomic mass is 10.2. The van der Waals surface area contributed by atoms with Crippen molar-refractivity contribution in [2.75, 3.05) is 10.9 Å². The zero-order chi connectivity index (χ0) is 20.1. The van der Waals surface area contributed by atoms with E-state index in [4.69, 9.17) is 4.74 Å². The highest BCUT2D eigenvalue weighted by Gasteiger charge is 2.31. The number of carbonyl (C=O) groups is 1. The molecule has 0 aromatic heterocycles. The Kier molecular flexibility index (Phi) is 5.80. The van der Waals surface area contributed by atoms with Gasteiger partial charge in [0.25, 0.3) is 15.9 Å². The Morgan fingerprint density at radius 1 is 0.893 bits per heavy atom. The SMILES string of the molecule is CCOc1ccc(N(C(=O)c2ccccc2)S(=O)(=O)c2ccc(C)cc2)cc1. The lowest BCUT2D eigenvalue weighted by molar-refractivity contribution is 0.101. The van der Waals surface area contributed by atoms with E-state index < -0.39 is 15.9 Å². The molecule has 0 atom stereocenters. The van der Waals surface area contributed by atoms with Crippen molar-refractivity contribution in [2.45, 2.75) is 18.7 Å². The molecule has 0 saturated heterocycles. The Balaban J connectivity index is 2.11. The monoisotopic (exact) mass is 395 g/mol. The number of hydrogen-bond acceptors (Lipinski definition) is 4. The Morgan fingerprint density at radius 2 is 1.50 bits per heavy atom. The number of sulfonamides is 1. The van der Waals surface area contributed by atoms with Gasteiger partial charge in [0.15, 0.2) is 0 Å². The Morgan fingerprint density at radius 3 is 2.07 bits per heavy atom. The predicted molar refractivity (Wildman–Crippen MR) is 109 cm³/mol. The standard InChI is InChI=1S/C22H21NO4S/c1-3-27-20-13-11-19(12-14-20)23(22(24)18-7-5-4-6-8-18)28(25,26)21-15-9-17(2)10-16-21/h4-16H,3H2,1-2H3. The summed E-state index contributed by atoms with van der Waals surface area (Å²) >= 11 is 0. The molecule has 0 bridgehead atoms. The first-order chi connectivity index (χ1) is 13.4. The second kappa shape index (κ2) is 8.27. The zero-order valence-corrected chi connectivity index (χ0v) is 16.5. The van der Waals surface area contributed by atoms with Gasteiger partial charge in [-0.3, -0.25) is 4.79 Å². The van der Waals surface area contributed by atoms with Crippen LogP contribution in [0, 0.1) is 6.92 Å². The van der Waals surface area contributed by atoms with Gasteiger partial charge in [0, 0.05) is 5.56 Å². The molecule has 3 aromatic carbocycles. The van der Waals surface area contributed by atoms with Crippen molar-refractivity contribution in [1.29, 1.82) is 0 Å². The zero-order valence-electron chi connectivity index (χ0n) is 15.7. The molecule has 144 valence electrons. The van der Waals surface area contributed by atoms with Gasteiger partial charge in [-0.25, -0.2) is 8.42 Å². The highest BCUT2D eigenvalue weighted by molar-refractivity contribution is 7.93. The molecule has 0 aliphatic carbocycles. The third-order valence-corrected chi connectivity index (χ3v) is 5.87. The fourth-order valence-electron chi connectivity index (χ4n) is 2.72. The third-order valence-electron chi connectivity index (χ3n) is 4.15. The van der Waals surface area contributed by atoms with Crippen molar-refractivity contribution in [3.63, 3.8) is 0 Å². The molecule has 28 heavy (non-hydrogen) atoms. The van der Waals surface area contributed by atoms with Crippen molar-refractivity contribution in [3.05, 3.63) is 90.0 Å². The first-order valence-electron chi connectivity index (χ1n) is 8.87. The molecule has 0 heterocycles. The topological polar surface area (TPSA) is 63.7 Å². The number of hydrogen-bond donors (Lipinski definition) is 0. The summed E-state index contributed by atoms with van der Waals surface area (Å²) in [6, 6.07) is 21.2. The highest BCUT2D eigenvalue weighted by atomic mass is 32.2. The van der Waals surface area contributed by atoms with Gasteiger partial charge in [-0.15, -0.1) is 0 Å². The number of amides is 1. The average Bonchev–Trinajstić information content (AvgIpc) is 2.70. The van der Waals surface area contributed by atoms with Crippen LogP contribution in [0.4, 0.5) is 5.69 Å². The van der Waals surface area contributed by atoms with Crippen molar-refractivity contribution in [3.8, 4) is 5.75 Å². The van der Waals surface area contributed by atoms with Gasteiger partial charge < -0.3 is 4.74 Å². The summed E-state index contributed by atoms with van der Waals surface area (Å²) in [6.45, 7) is 4.23. The van der Waals surface area contributed by atoms with Crippen molar-refractivity contribution < 1.29 is 17.9 Å². The van der Waals surface area contributed by atoms with Crippen molar-refractivity contribution in [2.24, 2.45) is 0 Å². The smallest absolute Gasteiger partial charge is 0.272 e. The Hall–Kier alpha value is -3.12. The van der Waals surface area contributed by atoms with Crippen molar-refractivity contribution >= 4 is 21.6 Å². The minimum atomic E-state index is -4.10. The maximum atomic E-state index is 13.3. The lowest BCUT2D eigenvalue weighted by Gasteiger charge is -2.23. The summed E-state index contributed by atoms with van der Waals surface area (Å²) < 4.78 is 32.9. The summed E-state index contributed by atoms with van der Waals surface area (Å²) in [5.41, 5.74) is 1.46. The van der Waals surface area contributed by atoms with E-state index in [9.17, 15) is 13.2 Å². The average molecular weight is 395 g/mol. The summed E-state index contributed by atoms with van der Waals surface area (Å²) in [7, 11) is -4.10. The van der Waals surface area contributed by atoms with E-state index in [-0.39, 0.29) is 16.1 Å². The van der Waals surface area contributed by atoms with Gasteiger partial charge in [0.2, 0.25) is 0 Å². The summed E-state index contributed by atoms with van der Waals surface area (Å²) in [5, 5.41) is 0. The largest absolute Gasteiger partial charge is 0.494 e. The third kappa shape index (κ3) is 4.07. The minimum Gasteiger partial charge on any atom is -0.494 e. The van der Waals surface area contributed by atoms with E-state index in [2.05, 4.69) is 0 Å². The van der Waals surface area contributed by atoms with Gasteiger partial charge in [0.05, 0.1) is 17.2 Å². The second-order valence-corrected chi connectivity index (χ2v) is 7.97. The molecule has 3 aromatic rings. The molecule has 6 heteroatoms. The van der Waals surface area contributed by atoms with Crippen LogP contribution >= 0.6 is 0 Å². The number of nitrogens with zero attached hydrogens (tertiary/aromatic N) is 1. The van der Waals surface area contributed by atoms with Gasteiger partial charge in [-0.1, -0.05) is 35.9 Å². The molecule has 5 nitrogen and oxygen atoms in total. The van der Waals surface area contributed by atoms with Gasteiger partial charge in [0.1, 0.15) is 5.75 Å². The van der Waals surface area contributed by atoms with E-state index in [1.165, 1.54) is 12.1 Å². The first kappa shape index (κ1) is 19.6. The summed E-state index contributed by atoms with van der Waals surface area (Å²) in [6.07, 6.45) is 0. The van der Waals surface area contributed by atoms with Crippen LogP contribution in [0.5, 0.6) is 5.75 Å². The molecule has 0 fully saturated rings. The van der Waals surface area contributed by atoms with Gasteiger partial charge >= 0.3 is 0 Å². The van der Waals surface area contributed by atoms with E-state index in [0.29, 0.717) is 12.4 Å². The number of ether oxygens (including phenoxy) is 1. The van der Waals surface area contributed by atoms with Crippen LogP contribution in [0.3, 0.4) is 0 Å². The molecule has 0 radical (unpaired) electrons. The van der Waals surface area contributed by atoms with Crippen LogP contribution in [0.15, 0.2) is 83.8 Å². The lowest BCUT2D eigenvalue weighted by Crippen LogP contribution is -2.37. The number of aryl methyl sites for hydroxylation is 1. The molecule has 0 aliphatic heterocycles. The highest BCUT2D eigenvalue weighted by Crippen LogP contribution is 2.28. The molecule has 0 spiro atoms. The van der Waals surface area contributed by atoms with Crippen LogP contribution in [0.1, 0.15) is 22.8 Å². The number of benzene rings is 3. The van der Waals surface area contributed by atoms with Gasteiger partial charge in [-0.2, -0.15) is 4.31 Å². The summed E-state index contributed by atoms with van der Waals surface area (Å²) in [5.74, 6) is -0.0172. The fraction of sp³-hybridized carbons (Fsp3) is 0.136. The Bertz CT molecular complexity index is 1040. The Labute approximate surface area is 165 Å². The first-order valence-corrected chi connectivity index (χ1v) is 10.3. The van der Waals surface area contributed by atoms with E-state index >= 15 is 0 Å². The molecule has 0 unspecified atom stereocenters. The van der Waals surface area contributed by atoms with Crippen LogP contribution < -0.4 is 9.04 Å². The van der Waals surface area contributed by atoms with E-state index in [0.717, 1.165) is 9.87 Å². The molecule has 0 aliphatic rings. The van der Waals surface area contributed by atoms with Gasteiger partial charge in [-0.05, 0) is 62.4 Å². The second-order valence-electron chi connectivity index (χ2n) is 6.18. The molecular formula is C22H21NO4S. The quantitative estimate of drug-likeness (QED) is 0.619. The maximum absolute atomic E-state index is 13.3. The van der Waals surface area contributed by atoms with Crippen LogP contribution in [0.2, 0.25) is 0 Å². The molecular weight excluding hydrogens is 374 g/mol. The van der Waals surface area contributed by atoms with Crippen LogP contribution in [-0.2, 0) is 10.0 Å². The molecule has 3 rings (SSSR count). The minimum absolute atomic E-state index is 0.0521.